The molecule has 0 spiro atoms. The summed E-state index contributed by atoms with van der Waals surface area (Å²) in [6.07, 6.45) is 0.914. The highest BCUT2D eigenvalue weighted by Crippen LogP contribution is 2.05. The molecule has 0 rings (SSSR count). The predicted octanol–water partition coefficient (Wildman–Crippen LogP) is 0.339. The number of nitrogens with two attached hydrogens (primary N) is 1. The quantitative estimate of drug-likeness (QED) is 0.597. The van der Waals surface area contributed by atoms with Crippen molar-refractivity contribution >= 4 is 11.9 Å². The van der Waals surface area contributed by atoms with Gasteiger partial charge in [-0.05, 0) is 18.8 Å². The number of amides is 1. The maximum atomic E-state index is 11.4. The first-order valence-corrected chi connectivity index (χ1v) is 5.17. The molecule has 2 atom stereocenters. The lowest BCUT2D eigenvalue weighted by Crippen LogP contribution is -2.48. The minimum absolute atomic E-state index is 0.212. The molecule has 1 amide bonds. The largest absolute Gasteiger partial charge is 0.480 e. The second-order valence-corrected chi connectivity index (χ2v) is 4.04. The number of carbonyl (C=O) groups excluding carboxylic acids is 1. The van der Waals surface area contributed by atoms with Crippen molar-refractivity contribution in [2.45, 2.75) is 45.7 Å². The van der Waals surface area contributed by atoms with Gasteiger partial charge in [0.1, 0.15) is 6.04 Å². The van der Waals surface area contributed by atoms with Crippen LogP contribution in [0.1, 0.15) is 33.6 Å². The molecule has 0 radical (unpaired) electrons. The Hall–Kier alpha value is -1.10. The average Bonchev–Trinajstić information content (AvgIpc) is 2.14. The third-order valence-corrected chi connectivity index (χ3v) is 2.10. The van der Waals surface area contributed by atoms with E-state index >= 15 is 0 Å². The Morgan fingerprint density at radius 2 is 1.93 bits per heavy atom. The van der Waals surface area contributed by atoms with Gasteiger partial charge in [-0.25, -0.2) is 4.79 Å². The summed E-state index contributed by atoms with van der Waals surface area (Å²) >= 11 is 0. The fourth-order valence-corrected chi connectivity index (χ4v) is 1.16. The normalized spacial score (nSPS) is 14.7. The van der Waals surface area contributed by atoms with E-state index in [-0.39, 0.29) is 5.92 Å². The molecule has 0 aromatic rings. The number of hydrogen-bond donors (Lipinski definition) is 3. The van der Waals surface area contributed by atoms with E-state index < -0.39 is 24.0 Å². The maximum absolute atomic E-state index is 11.4. The standard InChI is InChI=1S/C10H20N2O3/c1-4-7(11)9(13)12-8(10(14)15)5-6(2)3/h6-8H,4-5,11H2,1-3H3,(H,12,13)(H,14,15)/t7-,8?/m0/s1. The van der Waals surface area contributed by atoms with Crippen LogP contribution >= 0.6 is 0 Å². The summed E-state index contributed by atoms with van der Waals surface area (Å²) < 4.78 is 0. The van der Waals surface area contributed by atoms with Gasteiger partial charge < -0.3 is 16.2 Å². The van der Waals surface area contributed by atoms with Gasteiger partial charge in [0.15, 0.2) is 0 Å². The van der Waals surface area contributed by atoms with Crippen molar-refractivity contribution in [1.29, 1.82) is 0 Å². The number of nitrogens with one attached hydrogen (secondary N) is 1. The zero-order valence-corrected chi connectivity index (χ0v) is 9.49. The van der Waals surface area contributed by atoms with E-state index in [1.165, 1.54) is 0 Å². The molecule has 5 heteroatoms. The lowest BCUT2D eigenvalue weighted by atomic mass is 10.0. The first kappa shape index (κ1) is 13.9. The van der Waals surface area contributed by atoms with Crippen LogP contribution in [-0.2, 0) is 9.59 Å². The van der Waals surface area contributed by atoms with Gasteiger partial charge in [-0.1, -0.05) is 20.8 Å². The topological polar surface area (TPSA) is 92.4 Å². The molecule has 88 valence electrons. The van der Waals surface area contributed by atoms with Crippen molar-refractivity contribution in [3.8, 4) is 0 Å². The zero-order chi connectivity index (χ0) is 12.0. The number of carbonyl (C=O) groups is 2. The number of carboxylic acid groups (broad SMARTS) is 1. The third kappa shape index (κ3) is 5.37. The molecule has 0 aromatic carbocycles. The van der Waals surface area contributed by atoms with Gasteiger partial charge >= 0.3 is 5.97 Å². The molecule has 5 nitrogen and oxygen atoms in total. The summed E-state index contributed by atoms with van der Waals surface area (Å²) in [7, 11) is 0. The van der Waals surface area contributed by atoms with Crippen LogP contribution in [0.5, 0.6) is 0 Å². The fourth-order valence-electron chi connectivity index (χ4n) is 1.16. The van der Waals surface area contributed by atoms with Gasteiger partial charge in [0.05, 0.1) is 6.04 Å². The zero-order valence-electron chi connectivity index (χ0n) is 9.49. The van der Waals surface area contributed by atoms with Crippen molar-refractivity contribution < 1.29 is 14.7 Å². The molecule has 0 saturated heterocycles. The number of aliphatic carboxylic acids is 1. The summed E-state index contributed by atoms with van der Waals surface area (Å²) in [4.78, 5) is 22.2. The minimum Gasteiger partial charge on any atom is -0.480 e. The second-order valence-electron chi connectivity index (χ2n) is 4.04. The molecule has 0 bridgehead atoms. The van der Waals surface area contributed by atoms with Crippen LogP contribution in [0.3, 0.4) is 0 Å². The van der Waals surface area contributed by atoms with E-state index in [0.717, 1.165) is 0 Å². The number of carboxylic acids is 1. The Balaban J connectivity index is 4.29. The SMILES string of the molecule is CC[C@H](N)C(=O)NC(CC(C)C)C(=O)O. The van der Waals surface area contributed by atoms with Crippen molar-refractivity contribution in [2.75, 3.05) is 0 Å². The van der Waals surface area contributed by atoms with Gasteiger partial charge in [0.2, 0.25) is 5.91 Å². The number of hydrogen-bond acceptors (Lipinski definition) is 3. The summed E-state index contributed by atoms with van der Waals surface area (Å²) in [6.45, 7) is 5.59. The predicted molar refractivity (Wildman–Crippen MR) is 57.3 cm³/mol. The van der Waals surface area contributed by atoms with Crippen LogP contribution in [0.4, 0.5) is 0 Å². The van der Waals surface area contributed by atoms with E-state index in [1.807, 2.05) is 13.8 Å². The maximum Gasteiger partial charge on any atom is 0.326 e. The fraction of sp³-hybridized carbons (Fsp3) is 0.800. The molecule has 0 aliphatic carbocycles. The van der Waals surface area contributed by atoms with Gasteiger partial charge in [-0.3, -0.25) is 4.79 Å². The summed E-state index contributed by atoms with van der Waals surface area (Å²) in [5.74, 6) is -1.20. The second kappa shape index (κ2) is 6.40. The van der Waals surface area contributed by atoms with E-state index in [1.54, 1.807) is 6.92 Å². The molecule has 15 heavy (non-hydrogen) atoms. The summed E-state index contributed by atoms with van der Waals surface area (Å²) in [6, 6.07) is -1.46. The van der Waals surface area contributed by atoms with Gasteiger partial charge in [-0.2, -0.15) is 0 Å². The Bertz CT molecular complexity index is 229. The smallest absolute Gasteiger partial charge is 0.326 e. The van der Waals surface area contributed by atoms with Crippen molar-refractivity contribution in [1.82, 2.24) is 5.32 Å². The third-order valence-electron chi connectivity index (χ3n) is 2.10. The summed E-state index contributed by atoms with van der Waals surface area (Å²) in [5, 5.41) is 11.3. The monoisotopic (exact) mass is 216 g/mol. The Morgan fingerprint density at radius 3 is 2.27 bits per heavy atom. The van der Waals surface area contributed by atoms with Gasteiger partial charge in [0, 0.05) is 0 Å². The molecule has 0 aliphatic rings. The van der Waals surface area contributed by atoms with Crippen molar-refractivity contribution in [3.63, 3.8) is 0 Å². The van der Waals surface area contributed by atoms with E-state index in [9.17, 15) is 9.59 Å². The molecule has 0 aromatic heterocycles. The average molecular weight is 216 g/mol. The lowest BCUT2D eigenvalue weighted by Gasteiger charge is -2.18. The van der Waals surface area contributed by atoms with Crippen LogP contribution in [0.2, 0.25) is 0 Å². The minimum atomic E-state index is -1.01. The molecule has 1 unspecified atom stereocenters. The molecule has 4 N–H and O–H groups in total. The molecule has 0 aliphatic heterocycles. The van der Waals surface area contributed by atoms with E-state index in [4.69, 9.17) is 10.8 Å². The van der Waals surface area contributed by atoms with Gasteiger partial charge in [0.25, 0.3) is 0 Å². The summed E-state index contributed by atoms with van der Waals surface area (Å²) in [5.41, 5.74) is 5.49. The molecule has 0 fully saturated rings. The van der Waals surface area contributed by atoms with Crippen LogP contribution in [0, 0.1) is 5.92 Å². The van der Waals surface area contributed by atoms with Crippen molar-refractivity contribution in [3.05, 3.63) is 0 Å². The Labute approximate surface area is 90.0 Å². The highest BCUT2D eigenvalue weighted by Gasteiger charge is 2.23. The van der Waals surface area contributed by atoms with Crippen LogP contribution < -0.4 is 11.1 Å². The van der Waals surface area contributed by atoms with Crippen LogP contribution in [0.15, 0.2) is 0 Å². The van der Waals surface area contributed by atoms with Gasteiger partial charge in [-0.15, -0.1) is 0 Å². The van der Waals surface area contributed by atoms with Crippen LogP contribution in [-0.4, -0.2) is 29.1 Å². The van der Waals surface area contributed by atoms with Crippen molar-refractivity contribution in [2.24, 2.45) is 11.7 Å². The van der Waals surface area contributed by atoms with E-state index in [0.29, 0.717) is 12.8 Å². The number of rotatable bonds is 6. The lowest BCUT2D eigenvalue weighted by molar-refractivity contribution is -0.142. The molecule has 0 saturated carbocycles. The first-order chi connectivity index (χ1) is 6.88. The highest BCUT2D eigenvalue weighted by atomic mass is 16.4. The first-order valence-electron chi connectivity index (χ1n) is 5.17. The molecule has 0 heterocycles. The Morgan fingerprint density at radius 1 is 1.40 bits per heavy atom. The Kier molecular flexibility index (Phi) is 5.93. The molecular weight excluding hydrogens is 196 g/mol. The van der Waals surface area contributed by atoms with Crippen LogP contribution in [0.25, 0.3) is 0 Å². The van der Waals surface area contributed by atoms with E-state index in [2.05, 4.69) is 5.32 Å². The molecular formula is C10H20N2O3. The highest BCUT2D eigenvalue weighted by molar-refractivity contribution is 5.86.